The minimum atomic E-state index is -1.20. The van der Waals surface area contributed by atoms with Gasteiger partial charge >= 0.3 is 11.9 Å². The van der Waals surface area contributed by atoms with Gasteiger partial charge < -0.3 is 29.6 Å². The summed E-state index contributed by atoms with van der Waals surface area (Å²) in [7, 11) is 1.51. The topological polar surface area (TPSA) is 133 Å². The van der Waals surface area contributed by atoms with Crippen LogP contribution in [0.2, 0.25) is 5.02 Å². The van der Waals surface area contributed by atoms with Crippen LogP contribution in [-0.4, -0.2) is 61.8 Å². The predicted octanol–water partition coefficient (Wildman–Crippen LogP) is 5.55. The Morgan fingerprint density at radius 3 is 2.35 bits per heavy atom. The van der Waals surface area contributed by atoms with Crippen LogP contribution in [0.3, 0.4) is 0 Å². The highest BCUT2D eigenvalue weighted by atomic mass is 35.5. The van der Waals surface area contributed by atoms with Gasteiger partial charge in [-0.2, -0.15) is 12.6 Å². The molecular formula is C37H47ClN2O8S. The van der Waals surface area contributed by atoms with Crippen molar-refractivity contribution in [1.82, 2.24) is 10.6 Å². The third-order valence-corrected chi connectivity index (χ3v) is 9.43. The van der Waals surface area contributed by atoms with Crippen molar-refractivity contribution in [3.05, 3.63) is 76.3 Å². The van der Waals surface area contributed by atoms with E-state index in [9.17, 15) is 19.2 Å². The van der Waals surface area contributed by atoms with Gasteiger partial charge in [0.2, 0.25) is 11.8 Å². The fraction of sp³-hybridized carbons (Fsp3) is 0.514. The van der Waals surface area contributed by atoms with Gasteiger partial charge in [-0.3, -0.25) is 14.4 Å². The van der Waals surface area contributed by atoms with Crippen LogP contribution in [0.4, 0.5) is 0 Å². The number of esters is 2. The normalized spacial score (nSPS) is 25.5. The lowest BCUT2D eigenvalue weighted by atomic mass is 9.92. The number of carbonyl (C=O) groups excluding carboxylic acids is 4. The lowest BCUT2D eigenvalue weighted by Gasteiger charge is -2.29. The number of thiol groups is 1. The first-order valence-corrected chi connectivity index (χ1v) is 17.6. The zero-order valence-electron chi connectivity index (χ0n) is 28.9. The van der Waals surface area contributed by atoms with Crippen LogP contribution < -0.4 is 15.4 Å². The molecule has 266 valence electrons. The number of methoxy groups -OCH3 is 1. The maximum atomic E-state index is 13.6. The molecule has 0 saturated carbocycles. The molecule has 10 nitrogen and oxygen atoms in total. The van der Waals surface area contributed by atoms with Crippen molar-refractivity contribution in [2.45, 2.75) is 90.1 Å². The average Bonchev–Trinajstić information content (AvgIpc) is 3.86. The SMILES string of the molecule is COc1ccc(C[C@H]2NC(=O)C=CC[C@@H]([C@H](C)[C@H]3O[C@@H]3c3ccc(CS)cc3)OC(=O)[C@H](CC(C)C)OC(=O)C(C)(C)CNC2=O)cc1Cl. The molecule has 2 heterocycles. The Kier molecular flexibility index (Phi) is 13.2. The summed E-state index contributed by atoms with van der Waals surface area (Å²) in [6.45, 7) is 8.91. The third-order valence-electron chi connectivity index (χ3n) is 8.77. The van der Waals surface area contributed by atoms with Crippen molar-refractivity contribution < 1.29 is 38.1 Å². The highest BCUT2D eigenvalue weighted by molar-refractivity contribution is 7.79. The molecule has 49 heavy (non-hydrogen) atoms. The zero-order valence-corrected chi connectivity index (χ0v) is 30.5. The zero-order chi connectivity index (χ0) is 35.9. The number of rotatable bonds is 9. The summed E-state index contributed by atoms with van der Waals surface area (Å²) in [5, 5.41) is 5.91. The predicted molar refractivity (Wildman–Crippen MR) is 189 cm³/mol. The first-order chi connectivity index (χ1) is 23.2. The number of nitrogens with one attached hydrogen (secondary N) is 2. The van der Waals surface area contributed by atoms with E-state index in [0.717, 1.165) is 11.1 Å². The second-order valence-electron chi connectivity index (χ2n) is 13.8. The Morgan fingerprint density at radius 2 is 1.71 bits per heavy atom. The molecule has 1 fully saturated rings. The van der Waals surface area contributed by atoms with E-state index in [1.807, 2.05) is 45.0 Å². The summed E-state index contributed by atoms with van der Waals surface area (Å²) in [5.74, 6) is -1.48. The van der Waals surface area contributed by atoms with Crippen LogP contribution >= 0.6 is 24.2 Å². The summed E-state index contributed by atoms with van der Waals surface area (Å²) in [6.07, 6.45) is 1.24. The van der Waals surface area contributed by atoms with Crippen molar-refractivity contribution in [2.75, 3.05) is 13.7 Å². The van der Waals surface area contributed by atoms with Gasteiger partial charge in [0.1, 0.15) is 24.0 Å². The molecule has 6 atom stereocenters. The average molecular weight is 715 g/mol. The molecule has 2 N–H and O–H groups in total. The summed E-state index contributed by atoms with van der Waals surface area (Å²) in [6, 6.07) is 12.1. The number of carbonyl (C=O) groups is 4. The van der Waals surface area contributed by atoms with Crippen LogP contribution in [0.1, 0.15) is 70.3 Å². The standard InChI is InChI=1S/C37H47ClN2O8S/c1-21(2)16-30-35(43)46-28(22(3)32-33(48-32)25-13-10-23(19-49)11-14-25)8-7-9-31(41)40-27(18-24-12-15-29(45-6)26(38)17-24)34(42)39-20-37(4,5)36(44)47-30/h7,9-15,17,21-22,27-28,30,32-33,49H,8,16,18-20H2,1-6H3,(H,39,42)(H,40,41)/t22-,27+,28-,30-,32+,33+/m0/s1. The lowest BCUT2D eigenvalue weighted by Crippen LogP contribution is -2.51. The molecule has 4 rings (SSSR count). The lowest BCUT2D eigenvalue weighted by molar-refractivity contribution is -0.179. The van der Waals surface area contributed by atoms with Crippen LogP contribution in [-0.2, 0) is 45.6 Å². The van der Waals surface area contributed by atoms with Gasteiger partial charge in [-0.15, -0.1) is 0 Å². The van der Waals surface area contributed by atoms with Gasteiger partial charge in [-0.05, 0) is 61.1 Å². The van der Waals surface area contributed by atoms with E-state index in [0.29, 0.717) is 22.1 Å². The van der Waals surface area contributed by atoms with Gasteiger partial charge in [-0.25, -0.2) is 4.79 Å². The summed E-state index contributed by atoms with van der Waals surface area (Å²) in [4.78, 5) is 53.8. The number of hydrogen-bond donors (Lipinski definition) is 3. The fourth-order valence-corrected chi connectivity index (χ4v) is 6.13. The molecule has 2 aromatic rings. The van der Waals surface area contributed by atoms with E-state index in [-0.39, 0.29) is 49.9 Å². The fourth-order valence-electron chi connectivity index (χ4n) is 5.63. The van der Waals surface area contributed by atoms with Crippen LogP contribution in [0, 0.1) is 17.3 Å². The van der Waals surface area contributed by atoms with Crippen molar-refractivity contribution in [3.8, 4) is 5.75 Å². The number of ether oxygens (including phenoxy) is 4. The van der Waals surface area contributed by atoms with Crippen molar-refractivity contribution in [2.24, 2.45) is 17.3 Å². The molecule has 1 saturated heterocycles. The molecule has 2 aliphatic rings. The number of amides is 2. The van der Waals surface area contributed by atoms with Gasteiger partial charge in [0.25, 0.3) is 0 Å². The minimum absolute atomic E-state index is 0.0156. The van der Waals surface area contributed by atoms with E-state index >= 15 is 0 Å². The Labute approximate surface area is 299 Å². The number of halogens is 1. The first-order valence-electron chi connectivity index (χ1n) is 16.6. The van der Waals surface area contributed by atoms with Crippen LogP contribution in [0.5, 0.6) is 5.75 Å². The van der Waals surface area contributed by atoms with Crippen molar-refractivity contribution in [3.63, 3.8) is 0 Å². The first kappa shape index (κ1) is 38.3. The van der Waals surface area contributed by atoms with E-state index in [2.05, 4.69) is 23.3 Å². The molecule has 0 radical (unpaired) electrons. The highest BCUT2D eigenvalue weighted by Crippen LogP contribution is 2.45. The van der Waals surface area contributed by atoms with E-state index in [1.54, 1.807) is 38.1 Å². The van der Waals surface area contributed by atoms with Gasteiger partial charge in [0, 0.05) is 31.1 Å². The third kappa shape index (κ3) is 10.5. The van der Waals surface area contributed by atoms with Gasteiger partial charge in [0.05, 0.1) is 23.7 Å². The smallest absolute Gasteiger partial charge is 0.347 e. The minimum Gasteiger partial charge on any atom is -0.495 e. The van der Waals surface area contributed by atoms with E-state index < -0.39 is 47.4 Å². The Morgan fingerprint density at radius 1 is 1.02 bits per heavy atom. The molecule has 0 unspecified atom stereocenters. The molecule has 2 aliphatic heterocycles. The number of hydrogen-bond acceptors (Lipinski definition) is 9. The molecule has 0 bridgehead atoms. The molecule has 2 amide bonds. The Bertz CT molecular complexity index is 1530. The van der Waals surface area contributed by atoms with Gasteiger partial charge in [-0.1, -0.05) is 68.8 Å². The molecule has 2 aromatic carbocycles. The molecule has 12 heteroatoms. The maximum absolute atomic E-state index is 13.6. The molecule has 0 aliphatic carbocycles. The van der Waals surface area contributed by atoms with Crippen LogP contribution in [0.25, 0.3) is 0 Å². The van der Waals surface area contributed by atoms with Crippen molar-refractivity contribution in [1.29, 1.82) is 0 Å². The number of cyclic esters (lactones) is 2. The molecule has 0 aromatic heterocycles. The second kappa shape index (κ2) is 16.9. The number of epoxide rings is 1. The quantitative estimate of drug-likeness (QED) is 0.175. The summed E-state index contributed by atoms with van der Waals surface area (Å²) < 4.78 is 23.2. The molecule has 0 spiro atoms. The summed E-state index contributed by atoms with van der Waals surface area (Å²) >= 11 is 10.7. The largest absolute Gasteiger partial charge is 0.495 e. The van der Waals surface area contributed by atoms with Gasteiger partial charge in [0.15, 0.2) is 6.10 Å². The Balaban J connectivity index is 1.60. The van der Waals surface area contributed by atoms with Crippen LogP contribution in [0.15, 0.2) is 54.6 Å². The number of benzene rings is 2. The second-order valence-corrected chi connectivity index (χ2v) is 14.5. The van der Waals surface area contributed by atoms with E-state index in [1.165, 1.54) is 13.2 Å². The highest BCUT2D eigenvalue weighted by Gasteiger charge is 2.48. The molecular weight excluding hydrogens is 668 g/mol. The maximum Gasteiger partial charge on any atom is 0.347 e. The summed E-state index contributed by atoms with van der Waals surface area (Å²) in [5.41, 5.74) is 1.59. The van der Waals surface area contributed by atoms with Crippen molar-refractivity contribution >= 4 is 48.0 Å². The van der Waals surface area contributed by atoms with E-state index in [4.69, 9.17) is 30.5 Å². The monoisotopic (exact) mass is 714 g/mol. The Hall–Kier alpha value is -3.54.